The summed E-state index contributed by atoms with van der Waals surface area (Å²) in [4.78, 5) is 5.02. The number of nitrogens with one attached hydrogen (secondary N) is 1. The fourth-order valence-electron chi connectivity index (χ4n) is 3.91. The molecule has 6 heteroatoms. The van der Waals surface area contributed by atoms with Gasteiger partial charge in [0.1, 0.15) is 5.75 Å². The highest BCUT2D eigenvalue weighted by Crippen LogP contribution is 2.25. The Labute approximate surface area is 162 Å². The minimum absolute atomic E-state index is 0.246. The van der Waals surface area contributed by atoms with E-state index in [-0.39, 0.29) is 6.61 Å². The molecule has 1 aliphatic heterocycles. The van der Waals surface area contributed by atoms with Crippen molar-refractivity contribution >= 4 is 0 Å². The topological polar surface area (TPSA) is 64.6 Å². The van der Waals surface area contributed by atoms with E-state index in [0.717, 1.165) is 56.2 Å². The number of hydrogen-bond acceptors (Lipinski definition) is 5. The number of hydrogen-bond donors (Lipinski definition) is 2. The highest BCUT2D eigenvalue weighted by Gasteiger charge is 2.27. The number of rotatable bonds is 8. The van der Waals surface area contributed by atoms with E-state index < -0.39 is 0 Å². The van der Waals surface area contributed by atoms with E-state index in [1.165, 1.54) is 5.56 Å². The van der Waals surface area contributed by atoms with Gasteiger partial charge in [-0.25, -0.2) is 0 Å². The van der Waals surface area contributed by atoms with Crippen molar-refractivity contribution in [1.82, 2.24) is 20.0 Å². The summed E-state index contributed by atoms with van der Waals surface area (Å²) in [7, 11) is 1.68. The Morgan fingerprint density at radius 2 is 2.04 bits per heavy atom. The molecule has 148 valence electrons. The third-order valence-electron chi connectivity index (χ3n) is 5.24. The average Bonchev–Trinajstić information content (AvgIpc) is 3.12. The van der Waals surface area contributed by atoms with E-state index >= 15 is 0 Å². The molecule has 1 aromatic heterocycles. The van der Waals surface area contributed by atoms with E-state index in [1.807, 2.05) is 18.3 Å². The Kier molecular flexibility index (Phi) is 6.88. The highest BCUT2D eigenvalue weighted by atomic mass is 16.5. The molecule has 2 aromatic rings. The van der Waals surface area contributed by atoms with Crippen molar-refractivity contribution in [2.24, 2.45) is 5.92 Å². The Hall–Kier alpha value is -1.89. The minimum Gasteiger partial charge on any atom is -0.497 e. The van der Waals surface area contributed by atoms with Gasteiger partial charge in [0.15, 0.2) is 0 Å². The second-order valence-electron chi connectivity index (χ2n) is 7.79. The minimum atomic E-state index is 0.246. The Morgan fingerprint density at radius 3 is 2.70 bits per heavy atom. The molecule has 0 radical (unpaired) electrons. The molecule has 2 N–H and O–H groups in total. The number of aliphatic hydroxyl groups is 1. The Morgan fingerprint density at radius 1 is 1.26 bits per heavy atom. The third kappa shape index (κ3) is 5.09. The summed E-state index contributed by atoms with van der Waals surface area (Å²) in [6, 6.07) is 8.49. The van der Waals surface area contributed by atoms with Gasteiger partial charge in [-0.2, -0.15) is 5.10 Å². The van der Waals surface area contributed by atoms with Crippen molar-refractivity contribution in [3.63, 3.8) is 0 Å². The number of benzene rings is 1. The predicted molar refractivity (Wildman–Crippen MR) is 108 cm³/mol. The van der Waals surface area contributed by atoms with Gasteiger partial charge in [-0.1, -0.05) is 13.8 Å². The normalized spacial score (nSPS) is 18.9. The van der Waals surface area contributed by atoms with Crippen LogP contribution >= 0.6 is 0 Å². The number of piperazine rings is 1. The first-order valence-electron chi connectivity index (χ1n) is 9.84. The van der Waals surface area contributed by atoms with Crippen LogP contribution in [0, 0.1) is 5.92 Å². The lowest BCUT2D eigenvalue weighted by Crippen LogP contribution is -2.53. The van der Waals surface area contributed by atoms with Crippen molar-refractivity contribution < 1.29 is 9.84 Å². The molecule has 0 bridgehead atoms. The number of H-pyrrole nitrogens is 1. The molecule has 0 saturated carbocycles. The van der Waals surface area contributed by atoms with Crippen LogP contribution in [0.2, 0.25) is 0 Å². The van der Waals surface area contributed by atoms with Gasteiger partial charge >= 0.3 is 0 Å². The zero-order chi connectivity index (χ0) is 19.2. The zero-order valence-corrected chi connectivity index (χ0v) is 16.7. The summed E-state index contributed by atoms with van der Waals surface area (Å²) in [6.07, 6.45) is 2.76. The second kappa shape index (κ2) is 9.35. The molecule has 27 heavy (non-hydrogen) atoms. The maximum absolute atomic E-state index is 9.48. The smallest absolute Gasteiger partial charge is 0.118 e. The lowest BCUT2D eigenvalue weighted by Gasteiger charge is -2.42. The predicted octanol–water partition coefficient (Wildman–Crippen LogP) is 2.61. The van der Waals surface area contributed by atoms with Crippen LogP contribution in [0.5, 0.6) is 5.75 Å². The molecule has 0 amide bonds. The summed E-state index contributed by atoms with van der Waals surface area (Å²) >= 11 is 0. The molecule has 0 aliphatic carbocycles. The van der Waals surface area contributed by atoms with Crippen LogP contribution in [0.4, 0.5) is 0 Å². The summed E-state index contributed by atoms with van der Waals surface area (Å²) in [6.45, 7) is 9.82. The molecular formula is C21H32N4O2. The number of aromatic amines is 1. The maximum atomic E-state index is 9.48. The van der Waals surface area contributed by atoms with Crippen molar-refractivity contribution in [2.45, 2.75) is 32.9 Å². The van der Waals surface area contributed by atoms with Gasteiger partial charge in [-0.05, 0) is 36.6 Å². The summed E-state index contributed by atoms with van der Waals surface area (Å²) in [5.41, 5.74) is 3.40. The number of ether oxygens (including phenoxy) is 1. The fourth-order valence-corrected chi connectivity index (χ4v) is 3.91. The number of aromatic nitrogens is 2. The number of methoxy groups -OCH3 is 1. The van der Waals surface area contributed by atoms with Crippen molar-refractivity contribution in [1.29, 1.82) is 0 Å². The summed E-state index contributed by atoms with van der Waals surface area (Å²) in [5, 5.41) is 16.9. The van der Waals surface area contributed by atoms with Gasteiger partial charge in [0.25, 0.3) is 0 Å². The largest absolute Gasteiger partial charge is 0.497 e. The van der Waals surface area contributed by atoms with Gasteiger partial charge < -0.3 is 9.84 Å². The van der Waals surface area contributed by atoms with Crippen LogP contribution in [-0.2, 0) is 6.54 Å². The summed E-state index contributed by atoms with van der Waals surface area (Å²) < 4.78 is 5.25. The first kappa shape index (κ1) is 19.9. The first-order valence-corrected chi connectivity index (χ1v) is 9.84. The zero-order valence-electron chi connectivity index (χ0n) is 16.7. The Balaban J connectivity index is 1.68. The van der Waals surface area contributed by atoms with Gasteiger partial charge in [-0.3, -0.25) is 14.9 Å². The molecule has 0 spiro atoms. The lowest BCUT2D eigenvalue weighted by molar-refractivity contribution is 0.0477. The van der Waals surface area contributed by atoms with Crippen LogP contribution in [0.1, 0.15) is 25.8 Å². The molecule has 1 aromatic carbocycles. The van der Waals surface area contributed by atoms with E-state index in [4.69, 9.17) is 4.74 Å². The maximum Gasteiger partial charge on any atom is 0.118 e. The van der Waals surface area contributed by atoms with Crippen LogP contribution in [-0.4, -0.2) is 71.0 Å². The SMILES string of the molecule is COc1ccc(-c2[nH]ncc2CN2CCN(CC(C)C)[C@@H](CCO)C2)cc1. The number of aliphatic hydroxyl groups excluding tert-OH is 1. The van der Waals surface area contributed by atoms with Crippen molar-refractivity contribution in [3.05, 3.63) is 36.0 Å². The highest BCUT2D eigenvalue weighted by molar-refractivity contribution is 5.63. The van der Waals surface area contributed by atoms with Gasteiger partial charge in [0.05, 0.1) is 19.0 Å². The van der Waals surface area contributed by atoms with Gasteiger partial charge in [-0.15, -0.1) is 0 Å². The van der Waals surface area contributed by atoms with Crippen LogP contribution in [0.25, 0.3) is 11.3 Å². The average molecular weight is 373 g/mol. The lowest BCUT2D eigenvalue weighted by atomic mass is 10.0. The molecule has 0 unspecified atom stereocenters. The van der Waals surface area contributed by atoms with Crippen LogP contribution in [0.15, 0.2) is 30.5 Å². The summed E-state index contributed by atoms with van der Waals surface area (Å²) in [5.74, 6) is 1.50. The van der Waals surface area contributed by atoms with E-state index in [1.54, 1.807) is 7.11 Å². The first-order chi connectivity index (χ1) is 13.1. The molecule has 1 saturated heterocycles. The second-order valence-corrected chi connectivity index (χ2v) is 7.79. The fraction of sp³-hybridized carbons (Fsp3) is 0.571. The molecule has 3 rings (SSSR count). The van der Waals surface area contributed by atoms with Gasteiger partial charge in [0, 0.05) is 56.5 Å². The molecule has 1 atom stereocenters. The third-order valence-corrected chi connectivity index (χ3v) is 5.24. The molecule has 1 aliphatic rings. The molecule has 6 nitrogen and oxygen atoms in total. The monoisotopic (exact) mass is 372 g/mol. The van der Waals surface area contributed by atoms with E-state index in [0.29, 0.717) is 12.0 Å². The van der Waals surface area contributed by atoms with Crippen molar-refractivity contribution in [3.8, 4) is 17.0 Å². The number of nitrogens with zero attached hydrogens (tertiary/aromatic N) is 3. The molecule has 2 heterocycles. The van der Waals surface area contributed by atoms with Gasteiger partial charge in [0.2, 0.25) is 0 Å². The van der Waals surface area contributed by atoms with Crippen LogP contribution in [0.3, 0.4) is 0 Å². The van der Waals surface area contributed by atoms with E-state index in [9.17, 15) is 5.11 Å². The molecular weight excluding hydrogens is 340 g/mol. The standard InChI is InChI=1S/C21H32N4O2/c1-16(2)13-25-10-9-24(15-19(25)8-11-26)14-18-12-22-23-21(18)17-4-6-20(27-3)7-5-17/h4-7,12,16,19,26H,8-11,13-15H2,1-3H3,(H,22,23)/t19-/m0/s1. The quantitative estimate of drug-likeness (QED) is 0.746. The van der Waals surface area contributed by atoms with Crippen LogP contribution < -0.4 is 4.74 Å². The van der Waals surface area contributed by atoms with Crippen molar-refractivity contribution in [2.75, 3.05) is 39.9 Å². The molecule has 1 fully saturated rings. The van der Waals surface area contributed by atoms with E-state index in [2.05, 4.69) is 46.0 Å². The Bertz CT molecular complexity index is 698.